The number of aromatic nitrogens is 4. The molecule has 3 aromatic rings. The number of fused-ring (bicyclic) bond motifs is 1. The fraction of sp³-hybridized carbons (Fsp3) is 0.214. The zero-order chi connectivity index (χ0) is 13.8. The molecule has 2 heterocycles. The van der Waals surface area contributed by atoms with Gasteiger partial charge in [-0.15, -0.1) is 0 Å². The van der Waals surface area contributed by atoms with E-state index in [1.54, 1.807) is 12.5 Å². The lowest BCUT2D eigenvalue weighted by Gasteiger charge is -2.07. The molecule has 3 rings (SSSR count). The summed E-state index contributed by atoms with van der Waals surface area (Å²) in [5, 5.41) is 6.37. The van der Waals surface area contributed by atoms with Crippen LogP contribution in [0.4, 0.5) is 11.5 Å². The van der Waals surface area contributed by atoms with Crippen molar-refractivity contribution in [2.24, 2.45) is 0 Å². The van der Waals surface area contributed by atoms with Gasteiger partial charge in [-0.2, -0.15) is 0 Å². The number of hydrogen-bond acceptors (Lipinski definition) is 5. The highest BCUT2D eigenvalue weighted by Gasteiger charge is 2.02. The number of imidazole rings is 1. The van der Waals surface area contributed by atoms with Crippen LogP contribution in [0, 0.1) is 0 Å². The molecule has 3 N–H and O–H groups in total. The maximum atomic E-state index is 4.49. The molecule has 0 saturated heterocycles. The van der Waals surface area contributed by atoms with Crippen LogP contribution in [0.5, 0.6) is 0 Å². The van der Waals surface area contributed by atoms with Gasteiger partial charge in [-0.1, -0.05) is 0 Å². The van der Waals surface area contributed by atoms with Gasteiger partial charge in [0.05, 0.1) is 17.4 Å². The van der Waals surface area contributed by atoms with Crippen molar-refractivity contribution in [3.05, 3.63) is 42.6 Å². The van der Waals surface area contributed by atoms with Crippen molar-refractivity contribution in [1.82, 2.24) is 25.3 Å². The van der Waals surface area contributed by atoms with E-state index in [1.807, 2.05) is 31.3 Å². The third-order valence-electron chi connectivity index (χ3n) is 3.00. The van der Waals surface area contributed by atoms with Gasteiger partial charge in [-0.25, -0.2) is 15.0 Å². The minimum atomic E-state index is 0.796. The third kappa shape index (κ3) is 2.75. The Balaban J connectivity index is 1.79. The standard InChI is InChI=1S/C14H16N6/c1-15-6-4-13-16-7-5-14(20-13)19-10-2-3-11-12(8-10)18-9-17-11/h2-3,5,7-9,15H,4,6H2,1H3,(H,17,18)(H,16,19,20). The second-order valence-electron chi connectivity index (χ2n) is 4.47. The van der Waals surface area contributed by atoms with Crippen molar-refractivity contribution in [1.29, 1.82) is 0 Å². The number of benzene rings is 1. The van der Waals surface area contributed by atoms with E-state index < -0.39 is 0 Å². The fourth-order valence-corrected chi connectivity index (χ4v) is 1.99. The summed E-state index contributed by atoms with van der Waals surface area (Å²) in [5.74, 6) is 1.62. The molecule has 0 amide bonds. The monoisotopic (exact) mass is 268 g/mol. The third-order valence-corrected chi connectivity index (χ3v) is 3.00. The molecular formula is C14H16N6. The lowest BCUT2D eigenvalue weighted by atomic mass is 10.2. The van der Waals surface area contributed by atoms with Crippen LogP contribution in [0.15, 0.2) is 36.8 Å². The van der Waals surface area contributed by atoms with E-state index in [0.29, 0.717) is 0 Å². The van der Waals surface area contributed by atoms with Gasteiger partial charge < -0.3 is 15.6 Å². The van der Waals surface area contributed by atoms with Gasteiger partial charge in [-0.3, -0.25) is 0 Å². The van der Waals surface area contributed by atoms with Gasteiger partial charge in [0.1, 0.15) is 11.6 Å². The van der Waals surface area contributed by atoms with Crippen LogP contribution < -0.4 is 10.6 Å². The van der Waals surface area contributed by atoms with Crippen LogP contribution in [0.2, 0.25) is 0 Å². The second kappa shape index (κ2) is 5.66. The SMILES string of the molecule is CNCCc1nccc(Nc2ccc3nc[nH]c3c2)n1. The summed E-state index contributed by atoms with van der Waals surface area (Å²) in [6, 6.07) is 7.83. The molecular weight excluding hydrogens is 252 g/mol. The number of hydrogen-bond donors (Lipinski definition) is 3. The average Bonchev–Trinajstić information content (AvgIpc) is 2.93. The zero-order valence-electron chi connectivity index (χ0n) is 11.2. The van der Waals surface area contributed by atoms with Crippen LogP contribution in [-0.4, -0.2) is 33.5 Å². The van der Waals surface area contributed by atoms with E-state index >= 15 is 0 Å². The van der Waals surface area contributed by atoms with Crippen LogP contribution >= 0.6 is 0 Å². The molecule has 0 radical (unpaired) electrons. The van der Waals surface area contributed by atoms with Gasteiger partial charge >= 0.3 is 0 Å². The highest BCUT2D eigenvalue weighted by atomic mass is 15.0. The number of anilines is 2. The molecule has 6 heteroatoms. The molecule has 0 aliphatic heterocycles. The van der Waals surface area contributed by atoms with E-state index in [0.717, 1.165) is 41.3 Å². The molecule has 0 aliphatic rings. The van der Waals surface area contributed by atoms with Crippen molar-refractivity contribution >= 4 is 22.5 Å². The highest BCUT2D eigenvalue weighted by Crippen LogP contribution is 2.19. The minimum Gasteiger partial charge on any atom is -0.345 e. The quantitative estimate of drug-likeness (QED) is 0.658. The van der Waals surface area contributed by atoms with Crippen molar-refractivity contribution in [2.45, 2.75) is 6.42 Å². The maximum absolute atomic E-state index is 4.49. The van der Waals surface area contributed by atoms with Gasteiger partial charge in [0.2, 0.25) is 0 Å². The summed E-state index contributed by atoms with van der Waals surface area (Å²) >= 11 is 0. The van der Waals surface area contributed by atoms with E-state index in [2.05, 4.69) is 30.6 Å². The molecule has 1 aromatic carbocycles. The lowest BCUT2D eigenvalue weighted by molar-refractivity contribution is 0.756. The first-order valence-electron chi connectivity index (χ1n) is 6.52. The molecule has 0 unspecified atom stereocenters. The molecule has 0 spiro atoms. The first kappa shape index (κ1) is 12.6. The first-order chi connectivity index (χ1) is 9.85. The summed E-state index contributed by atoms with van der Waals surface area (Å²) in [7, 11) is 1.92. The molecule has 102 valence electrons. The molecule has 2 aromatic heterocycles. The number of nitrogens with one attached hydrogen (secondary N) is 3. The molecule has 0 aliphatic carbocycles. The molecule has 0 fully saturated rings. The Kier molecular flexibility index (Phi) is 3.56. The molecule has 0 atom stereocenters. The first-order valence-corrected chi connectivity index (χ1v) is 6.52. The number of nitrogens with zero attached hydrogens (tertiary/aromatic N) is 3. The Labute approximate surface area is 116 Å². The number of likely N-dealkylation sites (N-methyl/N-ethyl adjacent to an activating group) is 1. The maximum Gasteiger partial charge on any atom is 0.134 e. The number of H-pyrrole nitrogens is 1. The van der Waals surface area contributed by atoms with E-state index in [4.69, 9.17) is 0 Å². The number of aromatic amines is 1. The summed E-state index contributed by atoms with van der Waals surface area (Å²) in [4.78, 5) is 16.0. The predicted octanol–water partition coefficient (Wildman–Crippen LogP) is 1.86. The van der Waals surface area contributed by atoms with E-state index in [-0.39, 0.29) is 0 Å². The van der Waals surface area contributed by atoms with Crippen molar-refractivity contribution in [3.63, 3.8) is 0 Å². The normalized spacial score (nSPS) is 10.8. The van der Waals surface area contributed by atoms with Crippen LogP contribution in [0.3, 0.4) is 0 Å². The second-order valence-corrected chi connectivity index (χ2v) is 4.47. The van der Waals surface area contributed by atoms with Gasteiger partial charge in [-0.05, 0) is 31.3 Å². The Bertz CT molecular complexity index is 705. The Hall–Kier alpha value is -2.47. The summed E-state index contributed by atoms with van der Waals surface area (Å²) in [6.07, 6.45) is 4.27. The summed E-state index contributed by atoms with van der Waals surface area (Å²) in [5.41, 5.74) is 2.92. The largest absolute Gasteiger partial charge is 0.345 e. The minimum absolute atomic E-state index is 0.796. The smallest absolute Gasteiger partial charge is 0.134 e. The molecule has 0 bridgehead atoms. The topological polar surface area (TPSA) is 78.5 Å². The average molecular weight is 268 g/mol. The van der Waals surface area contributed by atoms with Gasteiger partial charge in [0.15, 0.2) is 0 Å². The Morgan fingerprint density at radius 2 is 2.15 bits per heavy atom. The van der Waals surface area contributed by atoms with Crippen molar-refractivity contribution in [3.8, 4) is 0 Å². The van der Waals surface area contributed by atoms with Crippen molar-refractivity contribution < 1.29 is 0 Å². The summed E-state index contributed by atoms with van der Waals surface area (Å²) in [6.45, 7) is 0.865. The zero-order valence-corrected chi connectivity index (χ0v) is 11.2. The highest BCUT2D eigenvalue weighted by molar-refractivity contribution is 5.79. The van der Waals surface area contributed by atoms with E-state index in [1.165, 1.54) is 0 Å². The lowest BCUT2D eigenvalue weighted by Crippen LogP contribution is -2.12. The molecule has 6 nitrogen and oxygen atoms in total. The summed E-state index contributed by atoms with van der Waals surface area (Å²) < 4.78 is 0. The number of rotatable bonds is 5. The van der Waals surface area contributed by atoms with Gasteiger partial charge in [0.25, 0.3) is 0 Å². The Morgan fingerprint density at radius 3 is 3.05 bits per heavy atom. The van der Waals surface area contributed by atoms with Crippen LogP contribution in [-0.2, 0) is 6.42 Å². The Morgan fingerprint density at radius 1 is 1.20 bits per heavy atom. The predicted molar refractivity (Wildman–Crippen MR) is 79.0 cm³/mol. The van der Waals surface area contributed by atoms with Crippen molar-refractivity contribution in [2.75, 3.05) is 18.9 Å². The fourth-order valence-electron chi connectivity index (χ4n) is 1.99. The van der Waals surface area contributed by atoms with Crippen LogP contribution in [0.25, 0.3) is 11.0 Å². The van der Waals surface area contributed by atoms with Crippen LogP contribution in [0.1, 0.15) is 5.82 Å². The molecule has 0 saturated carbocycles. The van der Waals surface area contributed by atoms with Gasteiger partial charge in [0, 0.05) is 24.8 Å². The molecule has 20 heavy (non-hydrogen) atoms. The van der Waals surface area contributed by atoms with E-state index in [9.17, 15) is 0 Å².